The first-order valence-corrected chi connectivity index (χ1v) is 8.21. The molecule has 6 heteroatoms. The van der Waals surface area contributed by atoms with Crippen LogP contribution in [0.5, 0.6) is 0 Å². The van der Waals surface area contributed by atoms with Crippen LogP contribution in [0.4, 0.5) is 0 Å². The van der Waals surface area contributed by atoms with Gasteiger partial charge in [-0.3, -0.25) is 0 Å². The van der Waals surface area contributed by atoms with Crippen molar-refractivity contribution >= 4 is 12.6 Å². The van der Waals surface area contributed by atoms with Crippen molar-refractivity contribution in [2.75, 3.05) is 6.61 Å². The summed E-state index contributed by atoms with van der Waals surface area (Å²) >= 11 is 0. The van der Waals surface area contributed by atoms with Crippen LogP contribution < -0.4 is 5.46 Å². The van der Waals surface area contributed by atoms with Crippen LogP contribution in [0, 0.1) is 0 Å². The topological polar surface area (TPSA) is 67.2 Å². The maximum atomic E-state index is 8.71. The number of nitrogens with zero attached hydrogens (tertiary/aromatic N) is 3. The Labute approximate surface area is 132 Å². The fraction of sp³-hybridized carbons (Fsp3) is 0.625. The van der Waals surface area contributed by atoms with E-state index in [-0.39, 0.29) is 19.3 Å². The minimum absolute atomic E-state index is 0.0588. The highest BCUT2D eigenvalue weighted by Gasteiger charge is 2.35. The van der Waals surface area contributed by atoms with Crippen LogP contribution in [0.15, 0.2) is 35.4 Å². The number of rotatable bonds is 8. The van der Waals surface area contributed by atoms with E-state index < -0.39 is 0 Å². The van der Waals surface area contributed by atoms with Gasteiger partial charge in [-0.15, -0.1) is 0 Å². The average molecular weight is 301 g/mol. The Morgan fingerprint density at radius 1 is 1.23 bits per heavy atom. The largest absolute Gasteiger partial charge is 0.494 e. The quantitative estimate of drug-likeness (QED) is 0.241. The molecule has 0 unspecified atom stereocenters. The molecule has 0 aromatic heterocycles. The van der Waals surface area contributed by atoms with Crippen molar-refractivity contribution in [2.24, 2.45) is 5.11 Å². The molecule has 2 atom stereocenters. The van der Waals surface area contributed by atoms with E-state index in [1.807, 2.05) is 30.3 Å². The van der Waals surface area contributed by atoms with Gasteiger partial charge in [0, 0.05) is 11.5 Å². The maximum Gasteiger partial charge on any atom is 0.494 e. The summed E-state index contributed by atoms with van der Waals surface area (Å²) in [6, 6.07) is 9.69. The number of azide groups is 1. The zero-order chi connectivity index (χ0) is 15.6. The first-order valence-electron chi connectivity index (χ1n) is 8.21. The molecule has 0 bridgehead atoms. The minimum atomic E-state index is -0.355. The standard InChI is InChI=1S/C16H24BN3O2/c1-2-3-4-5-9-12-16-15(19-20-18)13-21-17(22-16)14-10-7-6-8-11-14/h6-8,10-11,15-16H,2-5,9,12-13H2,1H3/t15-,16+/m0/s1. The summed E-state index contributed by atoms with van der Waals surface area (Å²) in [4.78, 5) is 2.93. The molecule has 0 N–H and O–H groups in total. The van der Waals surface area contributed by atoms with Gasteiger partial charge in [-0.2, -0.15) is 0 Å². The van der Waals surface area contributed by atoms with Crippen molar-refractivity contribution in [3.8, 4) is 0 Å². The molecular weight excluding hydrogens is 277 g/mol. The molecule has 1 aliphatic rings. The molecule has 2 rings (SSSR count). The minimum Gasteiger partial charge on any atom is -0.407 e. The van der Waals surface area contributed by atoms with Crippen LogP contribution in [0.25, 0.3) is 10.4 Å². The monoisotopic (exact) mass is 301 g/mol. The van der Waals surface area contributed by atoms with Gasteiger partial charge in [0.2, 0.25) is 0 Å². The van der Waals surface area contributed by atoms with Gasteiger partial charge < -0.3 is 9.31 Å². The summed E-state index contributed by atoms with van der Waals surface area (Å²) in [5.41, 5.74) is 9.72. The molecule has 1 aromatic rings. The summed E-state index contributed by atoms with van der Waals surface area (Å²) in [5.74, 6) is 0. The molecule has 1 heterocycles. The van der Waals surface area contributed by atoms with E-state index in [9.17, 15) is 0 Å². The Morgan fingerprint density at radius 3 is 2.73 bits per heavy atom. The van der Waals surface area contributed by atoms with Crippen molar-refractivity contribution in [1.29, 1.82) is 0 Å². The predicted octanol–water partition coefficient (Wildman–Crippen LogP) is 3.84. The Balaban J connectivity index is 1.91. The van der Waals surface area contributed by atoms with Crippen molar-refractivity contribution in [3.05, 3.63) is 40.8 Å². The van der Waals surface area contributed by atoms with Gasteiger partial charge in [0.25, 0.3) is 0 Å². The maximum absolute atomic E-state index is 8.71. The van der Waals surface area contributed by atoms with Gasteiger partial charge in [-0.05, 0) is 17.4 Å². The lowest BCUT2D eigenvalue weighted by molar-refractivity contribution is 0.0480. The first-order chi connectivity index (χ1) is 10.8. The second kappa shape index (κ2) is 9.52. The Bertz CT molecular complexity index is 480. The fourth-order valence-electron chi connectivity index (χ4n) is 2.75. The van der Waals surface area contributed by atoms with Crippen LogP contribution in [-0.2, 0) is 9.31 Å². The fourth-order valence-corrected chi connectivity index (χ4v) is 2.75. The highest BCUT2D eigenvalue weighted by molar-refractivity contribution is 6.61. The predicted molar refractivity (Wildman–Crippen MR) is 89.0 cm³/mol. The SMILES string of the molecule is CCCCCCC[C@H]1OB(c2ccccc2)OC[C@@H]1N=[N+]=[N-]. The molecule has 22 heavy (non-hydrogen) atoms. The summed E-state index contributed by atoms with van der Waals surface area (Å²) in [6.07, 6.45) is 6.94. The number of hydrogen-bond donors (Lipinski definition) is 0. The lowest BCUT2D eigenvalue weighted by atomic mass is 9.77. The molecule has 0 radical (unpaired) electrons. The normalized spacial score (nSPS) is 21.4. The Morgan fingerprint density at radius 2 is 2.00 bits per heavy atom. The molecule has 0 spiro atoms. The van der Waals surface area contributed by atoms with Crippen LogP contribution in [0.1, 0.15) is 45.4 Å². The summed E-state index contributed by atoms with van der Waals surface area (Å²) in [6.45, 7) is 2.63. The molecule has 0 aliphatic carbocycles. The van der Waals surface area contributed by atoms with Crippen LogP contribution in [-0.4, -0.2) is 25.9 Å². The van der Waals surface area contributed by atoms with Gasteiger partial charge in [0.05, 0.1) is 12.1 Å². The third kappa shape index (κ3) is 5.06. The van der Waals surface area contributed by atoms with Crippen LogP contribution >= 0.6 is 0 Å². The second-order valence-corrected chi connectivity index (χ2v) is 5.73. The molecule has 1 aromatic carbocycles. The molecule has 1 aliphatic heterocycles. The van der Waals surface area contributed by atoms with Gasteiger partial charge in [-0.25, -0.2) is 0 Å². The second-order valence-electron chi connectivity index (χ2n) is 5.73. The van der Waals surface area contributed by atoms with Crippen molar-refractivity contribution in [1.82, 2.24) is 0 Å². The molecule has 1 fully saturated rings. The molecule has 118 valence electrons. The van der Waals surface area contributed by atoms with Crippen molar-refractivity contribution in [2.45, 2.75) is 57.6 Å². The van der Waals surface area contributed by atoms with Gasteiger partial charge in [-0.1, -0.05) is 74.5 Å². The van der Waals surface area contributed by atoms with Crippen molar-refractivity contribution in [3.63, 3.8) is 0 Å². The number of hydrogen-bond acceptors (Lipinski definition) is 3. The molecule has 0 saturated carbocycles. The van der Waals surface area contributed by atoms with Gasteiger partial charge >= 0.3 is 7.12 Å². The first kappa shape index (κ1) is 16.9. The van der Waals surface area contributed by atoms with E-state index in [0.29, 0.717) is 6.61 Å². The molecule has 1 saturated heterocycles. The van der Waals surface area contributed by atoms with E-state index in [2.05, 4.69) is 16.9 Å². The third-order valence-electron chi connectivity index (χ3n) is 4.01. The lowest BCUT2D eigenvalue weighted by Gasteiger charge is -2.33. The third-order valence-corrected chi connectivity index (χ3v) is 4.01. The molecule has 5 nitrogen and oxygen atoms in total. The molecular formula is C16H24BN3O2. The average Bonchev–Trinajstić information content (AvgIpc) is 2.57. The number of benzene rings is 1. The smallest absolute Gasteiger partial charge is 0.407 e. The highest BCUT2D eigenvalue weighted by atomic mass is 16.6. The zero-order valence-electron chi connectivity index (χ0n) is 13.2. The van der Waals surface area contributed by atoms with Crippen LogP contribution in [0.2, 0.25) is 0 Å². The van der Waals surface area contributed by atoms with Gasteiger partial charge in [0.1, 0.15) is 0 Å². The van der Waals surface area contributed by atoms with Gasteiger partial charge in [0.15, 0.2) is 0 Å². The Kier molecular flexibility index (Phi) is 7.30. The molecule has 0 amide bonds. The van der Waals surface area contributed by atoms with E-state index in [1.54, 1.807) is 0 Å². The Hall–Kier alpha value is -1.49. The van der Waals surface area contributed by atoms with E-state index >= 15 is 0 Å². The van der Waals surface area contributed by atoms with Crippen LogP contribution in [0.3, 0.4) is 0 Å². The number of unbranched alkanes of at least 4 members (excludes halogenated alkanes) is 4. The van der Waals surface area contributed by atoms with E-state index in [0.717, 1.165) is 18.3 Å². The zero-order valence-corrected chi connectivity index (χ0v) is 13.2. The summed E-state index contributed by atoms with van der Waals surface area (Å²) < 4.78 is 11.8. The highest BCUT2D eigenvalue weighted by Crippen LogP contribution is 2.20. The lowest BCUT2D eigenvalue weighted by Crippen LogP contribution is -2.50. The van der Waals surface area contributed by atoms with Crippen molar-refractivity contribution < 1.29 is 9.31 Å². The van der Waals surface area contributed by atoms with E-state index in [4.69, 9.17) is 14.8 Å². The van der Waals surface area contributed by atoms with E-state index in [1.165, 1.54) is 25.7 Å². The summed E-state index contributed by atoms with van der Waals surface area (Å²) in [5, 5.41) is 3.84. The summed E-state index contributed by atoms with van der Waals surface area (Å²) in [7, 11) is -0.355.